The molecule has 0 bridgehead atoms. The van der Waals surface area contributed by atoms with E-state index in [2.05, 4.69) is 19.9 Å². The van der Waals surface area contributed by atoms with E-state index in [1.165, 1.54) is 6.07 Å². The van der Waals surface area contributed by atoms with Crippen molar-refractivity contribution < 1.29 is 22.0 Å². The Hall–Kier alpha value is -2.78. The van der Waals surface area contributed by atoms with Crippen LogP contribution >= 0.6 is 0 Å². The van der Waals surface area contributed by atoms with Crippen LogP contribution in [0.3, 0.4) is 0 Å². The van der Waals surface area contributed by atoms with Crippen LogP contribution < -0.4 is 5.69 Å². The zero-order chi connectivity index (χ0) is 17.6. The van der Waals surface area contributed by atoms with Crippen molar-refractivity contribution in [2.24, 2.45) is 0 Å². The number of H-pyrrole nitrogens is 2. The second-order valence-corrected chi connectivity index (χ2v) is 5.10. The first-order chi connectivity index (χ1) is 11.2. The highest BCUT2D eigenvalue weighted by Crippen LogP contribution is 2.34. The number of nitrogens with one attached hydrogen (secondary N) is 2. The van der Waals surface area contributed by atoms with Crippen LogP contribution in [0.1, 0.15) is 24.7 Å². The predicted molar refractivity (Wildman–Crippen MR) is 74.4 cm³/mol. The van der Waals surface area contributed by atoms with Crippen LogP contribution in [0, 0.1) is 5.82 Å². The maximum Gasteiger partial charge on any atom is 0.323 e. The molecule has 10 heteroatoms. The molecule has 0 aliphatic rings. The number of fused-ring (bicyclic) bond motifs is 1. The Morgan fingerprint density at radius 2 is 1.83 bits per heavy atom. The number of halogens is 5. The molecule has 0 aliphatic carbocycles. The molecule has 1 aromatic carbocycles. The van der Waals surface area contributed by atoms with Crippen molar-refractivity contribution >= 4 is 11.0 Å². The van der Waals surface area contributed by atoms with Crippen molar-refractivity contribution in [2.75, 3.05) is 0 Å². The molecule has 0 unspecified atom stereocenters. The Bertz CT molecular complexity index is 973. The first kappa shape index (κ1) is 16.1. The van der Waals surface area contributed by atoms with Crippen molar-refractivity contribution in [3.8, 4) is 11.3 Å². The maximum atomic E-state index is 13.7. The number of benzene rings is 1. The SMILES string of the molecule is CC(F)(F)c1ncc(-c2ccc(F)c3[nH]c(=O)[nH]c23)nc1C(F)F. The Morgan fingerprint density at radius 3 is 2.46 bits per heavy atom. The van der Waals surface area contributed by atoms with Crippen LogP contribution in [0.25, 0.3) is 22.3 Å². The smallest absolute Gasteiger partial charge is 0.305 e. The van der Waals surface area contributed by atoms with E-state index in [1.807, 2.05) is 0 Å². The number of nitrogens with zero attached hydrogens (tertiary/aromatic N) is 2. The fourth-order valence-corrected chi connectivity index (χ4v) is 2.32. The van der Waals surface area contributed by atoms with Crippen molar-refractivity contribution in [1.82, 2.24) is 19.9 Å². The van der Waals surface area contributed by atoms with E-state index >= 15 is 0 Å². The molecular weight excluding hydrogens is 335 g/mol. The molecule has 3 aromatic rings. The van der Waals surface area contributed by atoms with Crippen molar-refractivity contribution in [3.63, 3.8) is 0 Å². The molecule has 3 rings (SSSR count). The van der Waals surface area contributed by atoms with Gasteiger partial charge >= 0.3 is 5.69 Å². The second-order valence-electron chi connectivity index (χ2n) is 5.10. The molecule has 0 spiro atoms. The minimum Gasteiger partial charge on any atom is -0.305 e. The Kier molecular flexibility index (Phi) is 3.61. The monoisotopic (exact) mass is 344 g/mol. The van der Waals surface area contributed by atoms with Gasteiger partial charge in [0.1, 0.15) is 22.7 Å². The van der Waals surface area contributed by atoms with Gasteiger partial charge in [0.25, 0.3) is 12.3 Å². The van der Waals surface area contributed by atoms with E-state index < -0.39 is 35.2 Å². The first-order valence-electron chi connectivity index (χ1n) is 6.62. The van der Waals surface area contributed by atoms with E-state index in [4.69, 9.17) is 0 Å². The third kappa shape index (κ3) is 2.63. The second kappa shape index (κ2) is 5.39. The number of aromatic amines is 2. The summed E-state index contributed by atoms with van der Waals surface area (Å²) in [5.74, 6) is -4.34. The predicted octanol–water partition coefficient (Wildman–Crippen LogP) is 3.50. The van der Waals surface area contributed by atoms with Gasteiger partial charge in [-0.05, 0) is 12.1 Å². The lowest BCUT2D eigenvalue weighted by Gasteiger charge is -2.14. The molecule has 2 heterocycles. The van der Waals surface area contributed by atoms with Crippen LogP contribution in [0.5, 0.6) is 0 Å². The van der Waals surface area contributed by atoms with Crippen LogP contribution in [0.4, 0.5) is 22.0 Å². The number of hydrogen-bond acceptors (Lipinski definition) is 3. The van der Waals surface area contributed by atoms with Gasteiger partial charge in [0.15, 0.2) is 0 Å². The van der Waals surface area contributed by atoms with Crippen molar-refractivity contribution in [1.29, 1.82) is 0 Å². The van der Waals surface area contributed by atoms with Crippen molar-refractivity contribution in [3.05, 3.63) is 46.0 Å². The summed E-state index contributed by atoms with van der Waals surface area (Å²) in [5.41, 5.74) is -3.34. The van der Waals surface area contributed by atoms with E-state index in [1.54, 1.807) is 0 Å². The van der Waals surface area contributed by atoms with Crippen LogP contribution in [0.2, 0.25) is 0 Å². The largest absolute Gasteiger partial charge is 0.323 e. The molecule has 0 fully saturated rings. The van der Waals surface area contributed by atoms with Crippen LogP contribution in [-0.2, 0) is 5.92 Å². The Balaban J connectivity index is 2.26. The van der Waals surface area contributed by atoms with Crippen LogP contribution in [-0.4, -0.2) is 19.9 Å². The standard InChI is InChI=1S/C14H9F5N4O/c1-14(18,19)11-10(12(16)17)21-7(4-20-11)5-2-3-6(15)9-8(5)22-13(24)23-9/h2-4,12H,1H3,(H2,22,23,24). The highest BCUT2D eigenvalue weighted by atomic mass is 19.3. The van der Waals surface area contributed by atoms with E-state index in [9.17, 15) is 26.7 Å². The van der Waals surface area contributed by atoms with Gasteiger partial charge in [0.2, 0.25) is 0 Å². The van der Waals surface area contributed by atoms with Gasteiger partial charge in [-0.2, -0.15) is 8.78 Å². The molecule has 0 saturated carbocycles. The molecule has 0 amide bonds. The molecule has 2 aromatic heterocycles. The Labute approximate surface area is 130 Å². The van der Waals surface area contributed by atoms with Gasteiger partial charge in [-0.25, -0.2) is 22.9 Å². The van der Waals surface area contributed by atoms with Crippen LogP contribution in [0.15, 0.2) is 23.1 Å². The van der Waals surface area contributed by atoms with Gasteiger partial charge in [0.05, 0.1) is 17.4 Å². The molecule has 0 saturated heterocycles. The normalized spacial score (nSPS) is 12.3. The average molecular weight is 344 g/mol. The van der Waals surface area contributed by atoms with E-state index in [-0.39, 0.29) is 22.3 Å². The number of alkyl halides is 4. The lowest BCUT2D eigenvalue weighted by atomic mass is 10.1. The quantitative estimate of drug-likeness (QED) is 0.714. The van der Waals surface area contributed by atoms with Gasteiger partial charge < -0.3 is 9.97 Å². The summed E-state index contributed by atoms with van der Waals surface area (Å²) in [6.07, 6.45) is -2.41. The summed E-state index contributed by atoms with van der Waals surface area (Å²) in [4.78, 5) is 22.8. The average Bonchev–Trinajstić information content (AvgIpc) is 2.88. The number of hydrogen-bond donors (Lipinski definition) is 2. The summed E-state index contributed by atoms with van der Waals surface area (Å²) in [7, 11) is 0. The van der Waals surface area contributed by atoms with Gasteiger partial charge in [-0.1, -0.05) is 0 Å². The molecule has 5 nitrogen and oxygen atoms in total. The molecule has 0 radical (unpaired) electrons. The fraction of sp³-hybridized carbons (Fsp3) is 0.214. The highest BCUT2D eigenvalue weighted by Gasteiger charge is 2.34. The van der Waals surface area contributed by atoms with Gasteiger partial charge in [-0.15, -0.1) is 0 Å². The van der Waals surface area contributed by atoms with Gasteiger partial charge in [-0.3, -0.25) is 4.98 Å². The Morgan fingerprint density at radius 1 is 1.17 bits per heavy atom. The molecular formula is C14H9F5N4O. The lowest BCUT2D eigenvalue weighted by molar-refractivity contribution is 0.00648. The minimum atomic E-state index is -3.60. The number of rotatable bonds is 3. The summed E-state index contributed by atoms with van der Waals surface area (Å²) < 4.78 is 66.6. The zero-order valence-electron chi connectivity index (χ0n) is 12.0. The summed E-state index contributed by atoms with van der Waals surface area (Å²) in [6, 6.07) is 2.18. The van der Waals surface area contributed by atoms with E-state index in [0.717, 1.165) is 12.3 Å². The van der Waals surface area contributed by atoms with Crippen molar-refractivity contribution in [2.45, 2.75) is 19.3 Å². The van der Waals surface area contributed by atoms with Gasteiger partial charge in [0, 0.05) is 12.5 Å². The van der Waals surface area contributed by atoms with E-state index in [0.29, 0.717) is 6.92 Å². The number of imidazole rings is 1. The molecule has 126 valence electrons. The summed E-state index contributed by atoms with van der Waals surface area (Å²) in [6.45, 7) is 0.433. The minimum absolute atomic E-state index is 0.0227. The molecule has 0 aliphatic heterocycles. The topological polar surface area (TPSA) is 74.4 Å². The zero-order valence-corrected chi connectivity index (χ0v) is 12.0. The maximum absolute atomic E-state index is 13.7. The third-order valence-corrected chi connectivity index (χ3v) is 3.33. The highest BCUT2D eigenvalue weighted by molar-refractivity contribution is 5.90. The summed E-state index contributed by atoms with van der Waals surface area (Å²) in [5, 5.41) is 0. The third-order valence-electron chi connectivity index (χ3n) is 3.33. The first-order valence-corrected chi connectivity index (χ1v) is 6.62. The molecule has 24 heavy (non-hydrogen) atoms. The molecule has 2 N–H and O–H groups in total. The summed E-state index contributed by atoms with van der Waals surface area (Å²) >= 11 is 0. The molecule has 0 atom stereocenters. The fourth-order valence-electron chi connectivity index (χ4n) is 2.32. The lowest BCUT2D eigenvalue weighted by Crippen LogP contribution is -2.15. The number of aromatic nitrogens is 4.